The molecule has 0 unspecified atom stereocenters. The van der Waals surface area contributed by atoms with Gasteiger partial charge in [-0.25, -0.2) is 0 Å². The monoisotopic (exact) mass is 284 g/mol. The highest BCUT2D eigenvalue weighted by molar-refractivity contribution is 5.60. The molecule has 1 aliphatic rings. The lowest BCUT2D eigenvalue weighted by molar-refractivity contribution is -0.663. The van der Waals surface area contributed by atoms with E-state index in [0.29, 0.717) is 5.92 Å². The second kappa shape index (κ2) is 5.64. The Balaban J connectivity index is 1.79. The Hall–Kier alpha value is -1.61. The molecule has 0 spiro atoms. The minimum Gasteiger partial charge on any atom is -0.346 e. The van der Waals surface area contributed by atoms with Crippen LogP contribution in [-0.2, 0) is 5.41 Å². The summed E-state index contributed by atoms with van der Waals surface area (Å²) in [5, 5.41) is 10.2. The van der Waals surface area contributed by atoms with E-state index in [9.17, 15) is 0 Å². The van der Waals surface area contributed by atoms with Gasteiger partial charge in [0.15, 0.2) is 0 Å². The van der Waals surface area contributed by atoms with Crippen LogP contribution < -0.4 is 5.32 Å². The molecule has 0 saturated carbocycles. The SMILES string of the molecule is CC(C)(C)c1ccc(-c2cc(C3CC[NH2+]CC3)[nH]n2)cc1. The molecule has 0 atom stereocenters. The molecular formula is C18H26N3+. The van der Waals surface area contributed by atoms with E-state index in [4.69, 9.17) is 0 Å². The number of rotatable bonds is 2. The highest BCUT2D eigenvalue weighted by Crippen LogP contribution is 2.28. The molecule has 1 aliphatic heterocycles. The molecule has 3 N–H and O–H groups in total. The van der Waals surface area contributed by atoms with Gasteiger partial charge in [-0.15, -0.1) is 0 Å². The van der Waals surface area contributed by atoms with Crippen molar-refractivity contribution in [2.45, 2.75) is 44.9 Å². The van der Waals surface area contributed by atoms with Gasteiger partial charge in [-0.2, -0.15) is 5.10 Å². The van der Waals surface area contributed by atoms with Crippen LogP contribution >= 0.6 is 0 Å². The number of nitrogens with two attached hydrogens (primary N) is 1. The van der Waals surface area contributed by atoms with Crippen molar-refractivity contribution >= 4 is 0 Å². The summed E-state index contributed by atoms with van der Waals surface area (Å²) in [5.41, 5.74) is 5.14. The molecule has 1 fully saturated rings. The van der Waals surface area contributed by atoms with Gasteiger partial charge < -0.3 is 5.32 Å². The highest BCUT2D eigenvalue weighted by Gasteiger charge is 2.20. The Morgan fingerprint density at radius 2 is 1.76 bits per heavy atom. The number of hydrogen-bond donors (Lipinski definition) is 2. The molecule has 0 bridgehead atoms. The first kappa shape index (κ1) is 14.3. The van der Waals surface area contributed by atoms with E-state index in [1.54, 1.807) is 0 Å². The summed E-state index contributed by atoms with van der Waals surface area (Å²) in [6.07, 6.45) is 2.51. The molecule has 0 radical (unpaired) electrons. The number of benzene rings is 1. The van der Waals surface area contributed by atoms with Crippen LogP contribution in [0.3, 0.4) is 0 Å². The molecule has 112 valence electrons. The van der Waals surface area contributed by atoms with E-state index in [1.807, 2.05) is 0 Å². The molecule has 3 rings (SSSR count). The molecule has 1 aromatic carbocycles. The summed E-state index contributed by atoms with van der Waals surface area (Å²) in [6, 6.07) is 11.1. The molecule has 2 heterocycles. The third kappa shape index (κ3) is 3.18. The Bertz CT molecular complexity index is 584. The van der Waals surface area contributed by atoms with Crippen molar-refractivity contribution in [1.82, 2.24) is 10.2 Å². The van der Waals surface area contributed by atoms with Crippen molar-refractivity contribution in [2.24, 2.45) is 0 Å². The maximum atomic E-state index is 4.52. The number of H-pyrrole nitrogens is 1. The van der Waals surface area contributed by atoms with Crippen LogP contribution in [0.2, 0.25) is 0 Å². The average molecular weight is 284 g/mol. The Morgan fingerprint density at radius 3 is 2.38 bits per heavy atom. The van der Waals surface area contributed by atoms with Gasteiger partial charge in [0.05, 0.1) is 18.8 Å². The predicted octanol–water partition coefficient (Wildman–Crippen LogP) is 2.82. The number of quaternary nitrogens is 1. The maximum Gasteiger partial charge on any atom is 0.0923 e. The minimum atomic E-state index is 0.202. The summed E-state index contributed by atoms with van der Waals surface area (Å²) >= 11 is 0. The first-order valence-electron chi connectivity index (χ1n) is 8.02. The van der Waals surface area contributed by atoms with Gasteiger partial charge in [-0.05, 0) is 17.0 Å². The van der Waals surface area contributed by atoms with Crippen molar-refractivity contribution in [1.29, 1.82) is 0 Å². The Labute approximate surface area is 127 Å². The van der Waals surface area contributed by atoms with Gasteiger partial charge >= 0.3 is 0 Å². The van der Waals surface area contributed by atoms with Crippen LogP contribution in [0.25, 0.3) is 11.3 Å². The van der Waals surface area contributed by atoms with Crippen LogP contribution in [0.4, 0.5) is 0 Å². The topological polar surface area (TPSA) is 45.3 Å². The van der Waals surface area contributed by atoms with Crippen LogP contribution in [-0.4, -0.2) is 23.3 Å². The van der Waals surface area contributed by atoms with Gasteiger partial charge in [0, 0.05) is 30.0 Å². The molecule has 0 amide bonds. The summed E-state index contributed by atoms with van der Waals surface area (Å²) in [7, 11) is 0. The zero-order chi connectivity index (χ0) is 14.9. The van der Waals surface area contributed by atoms with E-state index < -0.39 is 0 Å². The van der Waals surface area contributed by atoms with Gasteiger partial charge in [0.1, 0.15) is 0 Å². The molecule has 21 heavy (non-hydrogen) atoms. The van der Waals surface area contributed by atoms with Crippen LogP contribution in [0, 0.1) is 0 Å². The smallest absolute Gasteiger partial charge is 0.0923 e. The summed E-state index contributed by atoms with van der Waals surface area (Å²) in [4.78, 5) is 0. The van der Waals surface area contributed by atoms with E-state index >= 15 is 0 Å². The minimum absolute atomic E-state index is 0.202. The molecule has 3 heteroatoms. The molecule has 0 aliphatic carbocycles. The van der Waals surface area contributed by atoms with E-state index in [1.165, 1.54) is 42.8 Å². The fourth-order valence-corrected chi connectivity index (χ4v) is 3.07. The fraction of sp³-hybridized carbons (Fsp3) is 0.500. The molecule has 3 nitrogen and oxygen atoms in total. The number of nitrogens with one attached hydrogen (secondary N) is 1. The number of hydrogen-bond acceptors (Lipinski definition) is 1. The number of aromatic nitrogens is 2. The third-order valence-corrected chi connectivity index (χ3v) is 4.52. The van der Waals surface area contributed by atoms with Gasteiger partial charge in [0.2, 0.25) is 0 Å². The fourth-order valence-electron chi connectivity index (χ4n) is 3.07. The number of nitrogens with zero attached hydrogens (tertiary/aromatic N) is 1. The Morgan fingerprint density at radius 1 is 1.10 bits per heavy atom. The van der Waals surface area contributed by atoms with Gasteiger partial charge in [-0.3, -0.25) is 5.10 Å². The zero-order valence-electron chi connectivity index (χ0n) is 13.3. The second-order valence-electron chi connectivity index (χ2n) is 7.18. The quantitative estimate of drug-likeness (QED) is 0.875. The summed E-state index contributed by atoms with van der Waals surface area (Å²) < 4.78 is 0. The lowest BCUT2D eigenvalue weighted by atomic mass is 9.86. The van der Waals surface area contributed by atoms with Gasteiger partial charge in [0.25, 0.3) is 0 Å². The molecular weight excluding hydrogens is 258 g/mol. The summed E-state index contributed by atoms with van der Waals surface area (Å²) in [5.74, 6) is 0.657. The van der Waals surface area contributed by atoms with Crippen molar-refractivity contribution < 1.29 is 5.32 Å². The third-order valence-electron chi connectivity index (χ3n) is 4.52. The Kier molecular flexibility index (Phi) is 3.85. The van der Waals surface area contributed by atoms with Crippen LogP contribution in [0.15, 0.2) is 30.3 Å². The van der Waals surface area contributed by atoms with E-state index in [2.05, 4.69) is 66.6 Å². The van der Waals surface area contributed by atoms with Gasteiger partial charge in [-0.1, -0.05) is 45.0 Å². The van der Waals surface area contributed by atoms with Crippen molar-refractivity contribution in [2.75, 3.05) is 13.1 Å². The normalized spacial score (nSPS) is 17.1. The first-order valence-corrected chi connectivity index (χ1v) is 8.02. The lowest BCUT2D eigenvalue weighted by Gasteiger charge is -2.19. The molecule has 1 aromatic heterocycles. The van der Waals surface area contributed by atoms with E-state index in [0.717, 1.165) is 5.69 Å². The summed E-state index contributed by atoms with van der Waals surface area (Å²) in [6.45, 7) is 9.21. The largest absolute Gasteiger partial charge is 0.346 e. The average Bonchev–Trinajstić information content (AvgIpc) is 2.97. The second-order valence-corrected chi connectivity index (χ2v) is 7.18. The molecule has 1 saturated heterocycles. The lowest BCUT2D eigenvalue weighted by Crippen LogP contribution is -2.86. The predicted molar refractivity (Wildman–Crippen MR) is 86.4 cm³/mol. The van der Waals surface area contributed by atoms with Crippen LogP contribution in [0.1, 0.15) is 50.8 Å². The standard InChI is InChI=1S/C18H25N3/c1-18(2,3)15-6-4-13(5-7-15)16-12-17(21-20-16)14-8-10-19-11-9-14/h4-7,12,14,19H,8-11H2,1-3H3,(H,20,21)/p+1. The maximum absolute atomic E-state index is 4.52. The van der Waals surface area contributed by atoms with Crippen LogP contribution in [0.5, 0.6) is 0 Å². The highest BCUT2D eigenvalue weighted by atomic mass is 15.1. The van der Waals surface area contributed by atoms with E-state index in [-0.39, 0.29) is 5.41 Å². The zero-order valence-corrected chi connectivity index (χ0v) is 13.3. The van der Waals surface area contributed by atoms with Crippen molar-refractivity contribution in [3.63, 3.8) is 0 Å². The number of aromatic amines is 1. The first-order chi connectivity index (χ1) is 10.0. The van der Waals surface area contributed by atoms with Crippen molar-refractivity contribution in [3.8, 4) is 11.3 Å². The number of piperidine rings is 1. The molecule has 2 aromatic rings. The van der Waals surface area contributed by atoms with Crippen molar-refractivity contribution in [3.05, 3.63) is 41.6 Å².